The molecule has 126 valence electrons. The number of carbonyl (C=O) groups is 2. The molecule has 0 radical (unpaired) electrons. The average molecular weight is 342 g/mol. The normalized spacial score (nSPS) is 16.4. The Morgan fingerprint density at radius 2 is 1.88 bits per heavy atom. The van der Waals surface area contributed by atoms with E-state index in [9.17, 15) is 9.59 Å². The molecule has 5 heteroatoms. The first kappa shape index (κ1) is 16.7. The second-order valence-electron chi connectivity index (χ2n) is 6.63. The molecule has 1 atom stereocenters. The lowest BCUT2D eigenvalue weighted by Crippen LogP contribution is -2.41. The first-order valence-electron chi connectivity index (χ1n) is 8.23. The molecule has 0 fully saturated rings. The molecule has 0 unspecified atom stereocenters. The Hall–Kier alpha value is -2.14. The van der Waals surface area contributed by atoms with Crippen molar-refractivity contribution in [3.05, 3.63) is 56.3 Å². The smallest absolute Gasteiger partial charge is 0.267 e. The molecule has 1 aliphatic carbocycles. The summed E-state index contributed by atoms with van der Waals surface area (Å²) in [5.74, 6) is 0.128. The first-order valence-corrected chi connectivity index (χ1v) is 9.05. The maximum atomic E-state index is 12.3. The zero-order valence-electron chi connectivity index (χ0n) is 14.2. The Kier molecular flexibility index (Phi) is 4.71. The first-order chi connectivity index (χ1) is 11.4. The number of carbonyl (C=O) groups excluding carboxylic acids is 2. The van der Waals surface area contributed by atoms with Crippen molar-refractivity contribution in [2.45, 2.75) is 40.0 Å². The number of hydrogen-bond donors (Lipinski definition) is 2. The molecule has 3 rings (SSSR count). The average Bonchev–Trinajstić information content (AvgIpc) is 2.95. The van der Waals surface area contributed by atoms with Crippen LogP contribution in [0.1, 0.15) is 54.9 Å². The maximum absolute atomic E-state index is 12.3. The van der Waals surface area contributed by atoms with Gasteiger partial charge in [-0.3, -0.25) is 20.4 Å². The fourth-order valence-corrected chi connectivity index (χ4v) is 4.23. The molecule has 1 heterocycles. The highest BCUT2D eigenvalue weighted by molar-refractivity contribution is 7.14. The predicted octanol–water partition coefficient (Wildman–Crippen LogP) is 3.56. The van der Waals surface area contributed by atoms with Gasteiger partial charge in [-0.15, -0.1) is 11.3 Å². The fraction of sp³-hybridized carbons (Fsp3) is 0.368. The summed E-state index contributed by atoms with van der Waals surface area (Å²) in [6, 6.07) is 7.58. The van der Waals surface area contributed by atoms with E-state index in [-0.39, 0.29) is 11.8 Å². The molecule has 24 heavy (non-hydrogen) atoms. The van der Waals surface area contributed by atoms with Gasteiger partial charge in [0.15, 0.2) is 0 Å². The van der Waals surface area contributed by atoms with E-state index in [2.05, 4.69) is 17.8 Å². The van der Waals surface area contributed by atoms with Gasteiger partial charge < -0.3 is 0 Å². The summed E-state index contributed by atoms with van der Waals surface area (Å²) in [5, 5.41) is 0. The van der Waals surface area contributed by atoms with Gasteiger partial charge in [0, 0.05) is 10.4 Å². The summed E-state index contributed by atoms with van der Waals surface area (Å²) in [7, 11) is 0. The standard InChI is InChI=1S/C19H22N2O2S/c1-11-4-6-15(13(3)8-11)18(22)20-21-19(23)17-10-14-9-12(2)5-7-16(14)24-17/h4,6,8,10,12H,5,7,9H2,1-3H3,(H,20,22)(H,21,23)/t12-/m1/s1. The van der Waals surface area contributed by atoms with Crippen LogP contribution in [0.2, 0.25) is 0 Å². The third kappa shape index (κ3) is 3.51. The number of hydrogen-bond acceptors (Lipinski definition) is 3. The number of rotatable bonds is 2. The Morgan fingerprint density at radius 3 is 2.62 bits per heavy atom. The number of thiophene rings is 1. The second-order valence-corrected chi connectivity index (χ2v) is 7.77. The van der Waals surface area contributed by atoms with E-state index >= 15 is 0 Å². The zero-order valence-corrected chi connectivity index (χ0v) is 15.0. The summed E-state index contributed by atoms with van der Waals surface area (Å²) in [6.07, 6.45) is 3.26. The van der Waals surface area contributed by atoms with Crippen LogP contribution in [-0.2, 0) is 12.8 Å². The van der Waals surface area contributed by atoms with Gasteiger partial charge in [-0.05, 0) is 62.3 Å². The van der Waals surface area contributed by atoms with Gasteiger partial charge in [0.25, 0.3) is 11.8 Å². The molecule has 0 spiro atoms. The lowest BCUT2D eigenvalue weighted by atomic mass is 9.90. The van der Waals surface area contributed by atoms with Crippen molar-refractivity contribution in [2.24, 2.45) is 5.92 Å². The largest absolute Gasteiger partial charge is 0.279 e. The minimum atomic E-state index is -0.296. The van der Waals surface area contributed by atoms with Gasteiger partial charge >= 0.3 is 0 Å². The van der Waals surface area contributed by atoms with Crippen molar-refractivity contribution in [1.82, 2.24) is 10.9 Å². The third-order valence-electron chi connectivity index (χ3n) is 4.47. The minimum Gasteiger partial charge on any atom is -0.267 e. The van der Waals surface area contributed by atoms with E-state index in [1.54, 1.807) is 6.07 Å². The fourth-order valence-electron chi connectivity index (χ4n) is 3.13. The second kappa shape index (κ2) is 6.77. The van der Waals surface area contributed by atoms with Crippen LogP contribution in [0.4, 0.5) is 0 Å². The number of amides is 2. The summed E-state index contributed by atoms with van der Waals surface area (Å²) in [4.78, 5) is 26.5. The van der Waals surface area contributed by atoms with Crippen molar-refractivity contribution in [2.75, 3.05) is 0 Å². The van der Waals surface area contributed by atoms with Crippen LogP contribution >= 0.6 is 11.3 Å². The van der Waals surface area contributed by atoms with Crippen LogP contribution in [0.5, 0.6) is 0 Å². The minimum absolute atomic E-state index is 0.250. The molecule has 1 aromatic carbocycles. The number of hydrazine groups is 1. The highest BCUT2D eigenvalue weighted by Gasteiger charge is 2.21. The maximum Gasteiger partial charge on any atom is 0.279 e. The van der Waals surface area contributed by atoms with E-state index in [1.807, 2.05) is 32.0 Å². The molecule has 2 aromatic rings. The third-order valence-corrected chi connectivity index (χ3v) is 5.70. The molecular formula is C19H22N2O2S. The lowest BCUT2D eigenvalue weighted by molar-refractivity contribution is 0.0848. The Morgan fingerprint density at radius 1 is 1.12 bits per heavy atom. The molecule has 0 aliphatic heterocycles. The van der Waals surface area contributed by atoms with Gasteiger partial charge in [-0.2, -0.15) is 0 Å². The number of aryl methyl sites for hydroxylation is 3. The van der Waals surface area contributed by atoms with Gasteiger partial charge in [-0.1, -0.05) is 24.6 Å². The van der Waals surface area contributed by atoms with Crippen LogP contribution in [-0.4, -0.2) is 11.8 Å². The van der Waals surface area contributed by atoms with Crippen molar-refractivity contribution in [1.29, 1.82) is 0 Å². The summed E-state index contributed by atoms with van der Waals surface area (Å²) in [5.41, 5.74) is 8.89. The van der Waals surface area contributed by atoms with E-state index in [4.69, 9.17) is 0 Å². The summed E-state index contributed by atoms with van der Waals surface area (Å²) in [6.45, 7) is 6.11. The van der Waals surface area contributed by atoms with E-state index in [0.717, 1.165) is 24.0 Å². The van der Waals surface area contributed by atoms with Gasteiger partial charge in [-0.25, -0.2) is 0 Å². The molecule has 2 N–H and O–H groups in total. The molecule has 0 saturated heterocycles. The number of fused-ring (bicyclic) bond motifs is 1. The molecule has 4 nitrogen and oxygen atoms in total. The van der Waals surface area contributed by atoms with Gasteiger partial charge in [0.1, 0.15) is 0 Å². The van der Waals surface area contributed by atoms with Gasteiger partial charge in [0.05, 0.1) is 4.88 Å². The molecule has 0 bridgehead atoms. The monoisotopic (exact) mass is 342 g/mol. The number of benzene rings is 1. The number of nitrogens with one attached hydrogen (secondary N) is 2. The topological polar surface area (TPSA) is 58.2 Å². The Labute approximate surface area is 146 Å². The highest BCUT2D eigenvalue weighted by atomic mass is 32.1. The Balaban J connectivity index is 1.64. The van der Waals surface area contributed by atoms with Crippen molar-refractivity contribution < 1.29 is 9.59 Å². The summed E-state index contributed by atoms with van der Waals surface area (Å²) < 4.78 is 0. The van der Waals surface area contributed by atoms with Crippen molar-refractivity contribution >= 4 is 23.2 Å². The van der Waals surface area contributed by atoms with Crippen LogP contribution in [0.3, 0.4) is 0 Å². The van der Waals surface area contributed by atoms with Crippen LogP contribution in [0, 0.1) is 19.8 Å². The lowest BCUT2D eigenvalue weighted by Gasteiger charge is -2.16. The molecule has 2 amide bonds. The van der Waals surface area contributed by atoms with Crippen LogP contribution in [0.25, 0.3) is 0 Å². The van der Waals surface area contributed by atoms with Crippen molar-refractivity contribution in [3.63, 3.8) is 0 Å². The molecule has 1 aromatic heterocycles. The van der Waals surface area contributed by atoms with Crippen molar-refractivity contribution in [3.8, 4) is 0 Å². The van der Waals surface area contributed by atoms with E-state index < -0.39 is 0 Å². The van der Waals surface area contributed by atoms with Gasteiger partial charge in [0.2, 0.25) is 0 Å². The molecule has 1 aliphatic rings. The predicted molar refractivity (Wildman–Crippen MR) is 96.4 cm³/mol. The summed E-state index contributed by atoms with van der Waals surface area (Å²) >= 11 is 1.53. The molecular weight excluding hydrogens is 320 g/mol. The van der Waals surface area contributed by atoms with E-state index in [1.165, 1.54) is 28.2 Å². The Bertz CT molecular complexity index is 795. The van der Waals surface area contributed by atoms with Crippen LogP contribution < -0.4 is 10.9 Å². The quantitative estimate of drug-likeness (QED) is 0.820. The SMILES string of the molecule is Cc1ccc(C(=O)NNC(=O)c2cc3c(s2)CC[C@@H](C)C3)c(C)c1. The highest BCUT2D eigenvalue weighted by Crippen LogP contribution is 2.32. The zero-order chi connectivity index (χ0) is 17.3. The van der Waals surface area contributed by atoms with Crippen LogP contribution in [0.15, 0.2) is 24.3 Å². The van der Waals surface area contributed by atoms with E-state index in [0.29, 0.717) is 16.4 Å². The molecule has 0 saturated carbocycles.